The maximum absolute atomic E-state index is 10.8. The van der Waals surface area contributed by atoms with Crippen LogP contribution in [0.15, 0.2) is 18.2 Å². The molecular formula is C13H19NO2. The molecule has 1 amide bonds. The van der Waals surface area contributed by atoms with Crippen molar-refractivity contribution < 1.29 is 9.53 Å². The van der Waals surface area contributed by atoms with E-state index >= 15 is 0 Å². The van der Waals surface area contributed by atoms with Crippen LogP contribution in [0.3, 0.4) is 0 Å². The van der Waals surface area contributed by atoms with Gasteiger partial charge >= 0.3 is 0 Å². The van der Waals surface area contributed by atoms with Crippen LogP contribution in [0, 0.1) is 13.8 Å². The summed E-state index contributed by atoms with van der Waals surface area (Å²) in [7, 11) is 0. The highest BCUT2D eigenvalue weighted by Gasteiger charge is 2.05. The smallest absolute Gasteiger partial charge is 0.217 e. The van der Waals surface area contributed by atoms with Gasteiger partial charge in [0.2, 0.25) is 5.91 Å². The molecule has 88 valence electrons. The van der Waals surface area contributed by atoms with Crippen LogP contribution in [0.5, 0.6) is 5.75 Å². The van der Waals surface area contributed by atoms with Crippen molar-refractivity contribution in [3.8, 4) is 5.75 Å². The summed E-state index contributed by atoms with van der Waals surface area (Å²) in [4.78, 5) is 10.8. The largest absolute Gasteiger partial charge is 0.491 e. The second-order valence-electron chi connectivity index (χ2n) is 4.18. The van der Waals surface area contributed by atoms with Crippen LogP contribution in [0.2, 0.25) is 0 Å². The number of rotatable bonds is 4. The number of hydrogen-bond donors (Lipinski definition) is 1. The topological polar surface area (TPSA) is 38.3 Å². The Morgan fingerprint density at radius 1 is 1.44 bits per heavy atom. The molecular weight excluding hydrogens is 202 g/mol. The Labute approximate surface area is 96.8 Å². The average molecular weight is 221 g/mol. The molecule has 0 radical (unpaired) electrons. The van der Waals surface area contributed by atoms with Gasteiger partial charge in [0.15, 0.2) is 0 Å². The summed E-state index contributed by atoms with van der Waals surface area (Å²) in [6.07, 6.45) is 0. The summed E-state index contributed by atoms with van der Waals surface area (Å²) in [5, 5.41) is 2.78. The van der Waals surface area contributed by atoms with Crippen LogP contribution >= 0.6 is 0 Å². The highest BCUT2D eigenvalue weighted by molar-refractivity contribution is 5.73. The van der Waals surface area contributed by atoms with E-state index in [1.807, 2.05) is 26.0 Å². The number of nitrogens with one attached hydrogen (secondary N) is 1. The maximum atomic E-state index is 10.8. The van der Waals surface area contributed by atoms with Crippen molar-refractivity contribution in [1.82, 2.24) is 5.32 Å². The van der Waals surface area contributed by atoms with Crippen molar-refractivity contribution >= 4 is 5.91 Å². The molecule has 3 nitrogen and oxygen atoms in total. The van der Waals surface area contributed by atoms with Crippen molar-refractivity contribution in [1.29, 1.82) is 0 Å². The molecule has 0 saturated carbocycles. The molecule has 1 unspecified atom stereocenters. The first-order valence-electron chi connectivity index (χ1n) is 5.46. The van der Waals surface area contributed by atoms with E-state index in [1.54, 1.807) is 0 Å². The number of hydrogen-bond acceptors (Lipinski definition) is 2. The zero-order valence-corrected chi connectivity index (χ0v) is 10.3. The fourth-order valence-electron chi connectivity index (χ4n) is 1.56. The molecule has 1 atom stereocenters. The molecule has 0 aliphatic rings. The van der Waals surface area contributed by atoms with Crippen LogP contribution in [0.1, 0.15) is 25.0 Å². The first-order valence-corrected chi connectivity index (χ1v) is 5.46. The fourth-order valence-corrected chi connectivity index (χ4v) is 1.56. The normalized spacial score (nSPS) is 12.0. The number of ether oxygens (including phenoxy) is 1. The van der Waals surface area contributed by atoms with Gasteiger partial charge in [-0.1, -0.05) is 17.7 Å². The van der Waals surface area contributed by atoms with Gasteiger partial charge in [-0.25, -0.2) is 0 Å². The number of carbonyl (C=O) groups is 1. The zero-order valence-electron chi connectivity index (χ0n) is 10.3. The third-order valence-electron chi connectivity index (χ3n) is 2.27. The number of amides is 1. The molecule has 1 N–H and O–H groups in total. The van der Waals surface area contributed by atoms with Gasteiger partial charge in [0.1, 0.15) is 12.4 Å². The molecule has 0 aliphatic heterocycles. The Balaban J connectivity index is 2.51. The van der Waals surface area contributed by atoms with Gasteiger partial charge in [-0.3, -0.25) is 4.79 Å². The highest BCUT2D eigenvalue weighted by atomic mass is 16.5. The summed E-state index contributed by atoms with van der Waals surface area (Å²) < 4.78 is 5.64. The molecule has 1 rings (SSSR count). The summed E-state index contributed by atoms with van der Waals surface area (Å²) in [6, 6.07) is 6.09. The third kappa shape index (κ3) is 3.93. The van der Waals surface area contributed by atoms with Gasteiger partial charge in [0.25, 0.3) is 0 Å². The third-order valence-corrected chi connectivity index (χ3v) is 2.27. The molecule has 0 heterocycles. The molecule has 1 aromatic rings. The first kappa shape index (κ1) is 12.6. The van der Waals surface area contributed by atoms with E-state index in [4.69, 9.17) is 4.74 Å². The van der Waals surface area contributed by atoms with E-state index in [-0.39, 0.29) is 11.9 Å². The van der Waals surface area contributed by atoms with E-state index in [9.17, 15) is 4.79 Å². The van der Waals surface area contributed by atoms with Crippen molar-refractivity contribution in [2.45, 2.75) is 33.7 Å². The van der Waals surface area contributed by atoms with Crippen LogP contribution < -0.4 is 10.1 Å². The summed E-state index contributed by atoms with van der Waals surface area (Å²) in [6.45, 7) is 7.99. The van der Waals surface area contributed by atoms with E-state index in [0.29, 0.717) is 6.61 Å². The molecule has 16 heavy (non-hydrogen) atoms. The van der Waals surface area contributed by atoms with E-state index < -0.39 is 0 Å². The van der Waals surface area contributed by atoms with Gasteiger partial charge in [0, 0.05) is 6.92 Å². The molecule has 0 bridgehead atoms. The monoisotopic (exact) mass is 221 g/mol. The maximum Gasteiger partial charge on any atom is 0.217 e. The Kier molecular flexibility index (Phi) is 4.35. The second kappa shape index (κ2) is 5.54. The minimum Gasteiger partial charge on any atom is -0.491 e. The predicted molar refractivity (Wildman–Crippen MR) is 64.7 cm³/mol. The number of carbonyl (C=O) groups excluding carboxylic acids is 1. The van der Waals surface area contributed by atoms with Crippen molar-refractivity contribution in [3.05, 3.63) is 29.3 Å². The molecule has 0 saturated heterocycles. The van der Waals surface area contributed by atoms with Gasteiger partial charge in [-0.05, 0) is 32.4 Å². The molecule has 0 aliphatic carbocycles. The lowest BCUT2D eigenvalue weighted by molar-refractivity contribution is -0.119. The minimum atomic E-state index is -0.0308. The standard InChI is InChI=1S/C13H19NO2/c1-9-5-6-13(10(2)7-9)16-8-11(3)14-12(4)15/h5-7,11H,8H2,1-4H3,(H,14,15). The van der Waals surface area contributed by atoms with Crippen LogP contribution in [-0.2, 0) is 4.79 Å². The van der Waals surface area contributed by atoms with E-state index in [0.717, 1.165) is 11.3 Å². The number of benzene rings is 1. The van der Waals surface area contributed by atoms with Gasteiger partial charge in [-0.2, -0.15) is 0 Å². The van der Waals surface area contributed by atoms with Crippen LogP contribution in [0.25, 0.3) is 0 Å². The van der Waals surface area contributed by atoms with E-state index in [2.05, 4.69) is 18.3 Å². The SMILES string of the molecule is CC(=O)NC(C)COc1ccc(C)cc1C. The lowest BCUT2D eigenvalue weighted by Gasteiger charge is -2.15. The quantitative estimate of drug-likeness (QED) is 0.846. The van der Waals surface area contributed by atoms with Crippen LogP contribution in [0.4, 0.5) is 0 Å². The van der Waals surface area contributed by atoms with Crippen molar-refractivity contribution in [3.63, 3.8) is 0 Å². The van der Waals surface area contributed by atoms with Crippen molar-refractivity contribution in [2.75, 3.05) is 6.61 Å². The lowest BCUT2D eigenvalue weighted by Crippen LogP contribution is -2.35. The van der Waals surface area contributed by atoms with Gasteiger partial charge in [0.05, 0.1) is 6.04 Å². The fraction of sp³-hybridized carbons (Fsp3) is 0.462. The summed E-state index contributed by atoms with van der Waals surface area (Å²) in [5.41, 5.74) is 2.34. The van der Waals surface area contributed by atoms with Gasteiger partial charge in [-0.15, -0.1) is 0 Å². The molecule has 3 heteroatoms. The Hall–Kier alpha value is -1.51. The predicted octanol–water partition coefficient (Wildman–Crippen LogP) is 2.21. The number of aryl methyl sites for hydroxylation is 2. The zero-order chi connectivity index (χ0) is 12.1. The van der Waals surface area contributed by atoms with Gasteiger partial charge < -0.3 is 10.1 Å². The Morgan fingerprint density at radius 3 is 2.69 bits per heavy atom. The average Bonchev–Trinajstić information content (AvgIpc) is 2.15. The Morgan fingerprint density at radius 2 is 2.12 bits per heavy atom. The Bertz CT molecular complexity index is 374. The first-order chi connectivity index (χ1) is 7.49. The summed E-state index contributed by atoms with van der Waals surface area (Å²) >= 11 is 0. The molecule has 1 aromatic carbocycles. The summed E-state index contributed by atoms with van der Waals surface area (Å²) in [5.74, 6) is 0.847. The lowest BCUT2D eigenvalue weighted by atomic mass is 10.1. The highest BCUT2D eigenvalue weighted by Crippen LogP contribution is 2.18. The molecule has 0 aromatic heterocycles. The molecule has 0 fully saturated rings. The molecule has 0 spiro atoms. The van der Waals surface area contributed by atoms with Crippen molar-refractivity contribution in [2.24, 2.45) is 0 Å². The van der Waals surface area contributed by atoms with E-state index in [1.165, 1.54) is 12.5 Å². The van der Waals surface area contributed by atoms with Crippen LogP contribution in [-0.4, -0.2) is 18.6 Å². The second-order valence-corrected chi connectivity index (χ2v) is 4.18. The minimum absolute atomic E-state index is 0.0261.